The SMILES string of the molecule is NC(=O)Sc1ccc([N+](=O)[O-])c(C(=O)O)c1. The molecule has 0 atom stereocenters. The molecule has 0 aliphatic carbocycles. The molecular weight excluding hydrogens is 236 g/mol. The molecule has 0 aromatic heterocycles. The molecule has 7 nitrogen and oxygen atoms in total. The van der Waals surface area contributed by atoms with E-state index in [1.165, 1.54) is 6.07 Å². The van der Waals surface area contributed by atoms with Crippen LogP contribution in [0.15, 0.2) is 23.1 Å². The number of amides is 1. The minimum Gasteiger partial charge on any atom is -0.477 e. The number of thioether (sulfide) groups is 1. The van der Waals surface area contributed by atoms with Gasteiger partial charge in [0.15, 0.2) is 0 Å². The molecule has 0 saturated heterocycles. The fourth-order valence-electron chi connectivity index (χ4n) is 1.03. The van der Waals surface area contributed by atoms with Crippen molar-refractivity contribution in [3.63, 3.8) is 0 Å². The predicted octanol–water partition coefficient (Wildman–Crippen LogP) is 1.46. The molecule has 1 aromatic carbocycles. The number of nitro benzene ring substituents is 1. The lowest BCUT2D eigenvalue weighted by Gasteiger charge is -2.00. The van der Waals surface area contributed by atoms with Crippen LogP contribution in [-0.2, 0) is 0 Å². The normalized spacial score (nSPS) is 9.75. The van der Waals surface area contributed by atoms with Crippen molar-refractivity contribution >= 4 is 28.7 Å². The van der Waals surface area contributed by atoms with Gasteiger partial charge >= 0.3 is 5.97 Å². The van der Waals surface area contributed by atoms with Gasteiger partial charge in [-0.15, -0.1) is 0 Å². The smallest absolute Gasteiger partial charge is 0.342 e. The highest BCUT2D eigenvalue weighted by Gasteiger charge is 2.20. The molecule has 0 aliphatic heterocycles. The zero-order valence-corrected chi connectivity index (χ0v) is 8.56. The number of carbonyl (C=O) groups excluding carboxylic acids is 1. The number of aromatic carboxylic acids is 1. The first-order chi connectivity index (χ1) is 7.41. The van der Waals surface area contributed by atoms with Crippen molar-refractivity contribution in [3.05, 3.63) is 33.9 Å². The van der Waals surface area contributed by atoms with Crippen molar-refractivity contribution in [2.75, 3.05) is 0 Å². The number of carboxylic acids is 1. The molecule has 84 valence electrons. The molecule has 1 aromatic rings. The summed E-state index contributed by atoms with van der Waals surface area (Å²) >= 11 is 0.603. The Morgan fingerprint density at radius 2 is 2.06 bits per heavy atom. The molecule has 0 fully saturated rings. The number of primary amides is 1. The van der Waals surface area contributed by atoms with Crippen molar-refractivity contribution in [2.24, 2.45) is 5.73 Å². The lowest BCUT2D eigenvalue weighted by Crippen LogP contribution is -2.05. The van der Waals surface area contributed by atoms with Crippen LogP contribution >= 0.6 is 11.8 Å². The Morgan fingerprint density at radius 3 is 2.50 bits per heavy atom. The van der Waals surface area contributed by atoms with Crippen molar-refractivity contribution in [1.82, 2.24) is 0 Å². The van der Waals surface area contributed by atoms with Crippen LogP contribution in [0, 0.1) is 10.1 Å². The number of rotatable bonds is 3. The first-order valence-electron chi connectivity index (χ1n) is 3.91. The molecule has 0 saturated carbocycles. The first kappa shape index (κ1) is 12.0. The molecule has 0 heterocycles. The number of hydrogen-bond acceptors (Lipinski definition) is 5. The standard InChI is InChI=1S/C8H6N2O5S/c9-8(13)16-4-1-2-6(10(14)15)5(3-4)7(11)12/h1-3H,(H2,9,13)(H,11,12). The highest BCUT2D eigenvalue weighted by Crippen LogP contribution is 2.25. The second-order valence-corrected chi connectivity index (χ2v) is 3.74. The molecular formula is C8H6N2O5S. The maximum Gasteiger partial charge on any atom is 0.342 e. The van der Waals surface area contributed by atoms with E-state index in [0.29, 0.717) is 11.8 Å². The molecule has 8 heteroatoms. The van der Waals surface area contributed by atoms with Crippen LogP contribution in [-0.4, -0.2) is 21.2 Å². The summed E-state index contributed by atoms with van der Waals surface area (Å²) < 4.78 is 0. The Kier molecular flexibility index (Phi) is 3.46. The van der Waals surface area contributed by atoms with Crippen molar-refractivity contribution in [2.45, 2.75) is 4.90 Å². The molecule has 0 bridgehead atoms. The monoisotopic (exact) mass is 242 g/mol. The minimum absolute atomic E-state index is 0.246. The highest BCUT2D eigenvalue weighted by molar-refractivity contribution is 8.13. The number of benzene rings is 1. The van der Waals surface area contributed by atoms with Crippen LogP contribution in [0.1, 0.15) is 10.4 Å². The molecule has 1 rings (SSSR count). The lowest BCUT2D eigenvalue weighted by atomic mass is 10.2. The van der Waals surface area contributed by atoms with E-state index < -0.39 is 27.4 Å². The summed E-state index contributed by atoms with van der Waals surface area (Å²) in [6.07, 6.45) is 0. The van der Waals surface area contributed by atoms with Crippen LogP contribution in [0.2, 0.25) is 0 Å². The van der Waals surface area contributed by atoms with Crippen molar-refractivity contribution in [1.29, 1.82) is 0 Å². The van der Waals surface area contributed by atoms with Crippen molar-refractivity contribution < 1.29 is 19.6 Å². The number of carboxylic acid groups (broad SMARTS) is 1. The van der Waals surface area contributed by atoms with Gasteiger partial charge in [0.05, 0.1) is 4.92 Å². The Balaban J connectivity index is 3.22. The summed E-state index contributed by atoms with van der Waals surface area (Å²) in [6.45, 7) is 0. The van der Waals surface area contributed by atoms with Gasteiger partial charge in [0, 0.05) is 11.0 Å². The highest BCUT2D eigenvalue weighted by atomic mass is 32.2. The maximum atomic E-state index is 10.7. The Labute approximate surface area is 93.4 Å². The van der Waals surface area contributed by atoms with E-state index >= 15 is 0 Å². The molecule has 16 heavy (non-hydrogen) atoms. The zero-order valence-electron chi connectivity index (χ0n) is 7.75. The van der Waals surface area contributed by atoms with Gasteiger partial charge in [-0.2, -0.15) is 0 Å². The van der Waals surface area contributed by atoms with Gasteiger partial charge in [-0.3, -0.25) is 14.9 Å². The van der Waals surface area contributed by atoms with Gasteiger partial charge in [-0.1, -0.05) is 0 Å². The third kappa shape index (κ3) is 2.70. The largest absolute Gasteiger partial charge is 0.477 e. The fourth-order valence-corrected chi connectivity index (χ4v) is 1.57. The number of carbonyl (C=O) groups is 2. The fraction of sp³-hybridized carbons (Fsp3) is 0. The van der Waals surface area contributed by atoms with Crippen LogP contribution in [0.25, 0.3) is 0 Å². The molecule has 0 unspecified atom stereocenters. The van der Waals surface area contributed by atoms with Crippen molar-refractivity contribution in [3.8, 4) is 0 Å². The summed E-state index contributed by atoms with van der Waals surface area (Å²) in [7, 11) is 0. The van der Waals surface area contributed by atoms with E-state index in [2.05, 4.69) is 0 Å². The Hall–Kier alpha value is -2.09. The van der Waals surface area contributed by atoms with Crippen LogP contribution in [0.3, 0.4) is 0 Å². The summed E-state index contributed by atoms with van der Waals surface area (Å²) in [5, 5.41) is 18.5. The van der Waals surface area contributed by atoms with E-state index in [4.69, 9.17) is 10.8 Å². The lowest BCUT2D eigenvalue weighted by molar-refractivity contribution is -0.385. The van der Waals surface area contributed by atoms with Crippen LogP contribution < -0.4 is 5.73 Å². The molecule has 0 spiro atoms. The number of nitro groups is 1. The number of hydrogen-bond donors (Lipinski definition) is 2. The number of nitrogens with two attached hydrogens (primary N) is 1. The average molecular weight is 242 g/mol. The van der Waals surface area contributed by atoms with Gasteiger partial charge in [-0.25, -0.2) is 4.79 Å². The topological polar surface area (TPSA) is 124 Å². The Morgan fingerprint density at radius 1 is 1.44 bits per heavy atom. The van der Waals surface area contributed by atoms with Gasteiger partial charge in [0.1, 0.15) is 5.56 Å². The van der Waals surface area contributed by atoms with E-state index in [0.717, 1.165) is 12.1 Å². The van der Waals surface area contributed by atoms with Gasteiger partial charge < -0.3 is 10.8 Å². The predicted molar refractivity (Wildman–Crippen MR) is 55.5 cm³/mol. The van der Waals surface area contributed by atoms with E-state index in [9.17, 15) is 19.7 Å². The molecule has 0 radical (unpaired) electrons. The second-order valence-electron chi connectivity index (χ2n) is 2.66. The summed E-state index contributed by atoms with van der Waals surface area (Å²) in [6, 6.07) is 3.32. The van der Waals surface area contributed by atoms with Crippen LogP contribution in [0.4, 0.5) is 10.5 Å². The molecule has 1 amide bonds. The Bertz CT molecular complexity index is 473. The minimum atomic E-state index is -1.43. The summed E-state index contributed by atoms with van der Waals surface area (Å²) in [5.74, 6) is -1.43. The van der Waals surface area contributed by atoms with E-state index in [1.807, 2.05) is 0 Å². The van der Waals surface area contributed by atoms with Crippen LogP contribution in [0.5, 0.6) is 0 Å². The van der Waals surface area contributed by atoms with Gasteiger partial charge in [0.2, 0.25) is 0 Å². The second kappa shape index (κ2) is 4.62. The van der Waals surface area contributed by atoms with E-state index in [-0.39, 0.29) is 4.90 Å². The first-order valence-corrected chi connectivity index (χ1v) is 4.72. The summed E-state index contributed by atoms with van der Waals surface area (Å²) in [5.41, 5.74) is 3.89. The summed E-state index contributed by atoms with van der Waals surface area (Å²) in [4.78, 5) is 31.3. The maximum absolute atomic E-state index is 10.7. The molecule has 0 aliphatic rings. The third-order valence-electron chi connectivity index (χ3n) is 1.61. The van der Waals surface area contributed by atoms with Gasteiger partial charge in [-0.05, 0) is 23.9 Å². The van der Waals surface area contributed by atoms with Gasteiger partial charge in [0.25, 0.3) is 10.9 Å². The molecule has 3 N–H and O–H groups in total. The third-order valence-corrected chi connectivity index (χ3v) is 2.30. The quantitative estimate of drug-likeness (QED) is 0.469. The zero-order chi connectivity index (χ0) is 12.3. The average Bonchev–Trinajstić information content (AvgIpc) is 2.16. The number of nitrogens with zero attached hydrogens (tertiary/aromatic N) is 1. The van der Waals surface area contributed by atoms with E-state index in [1.54, 1.807) is 0 Å².